The highest BCUT2D eigenvalue weighted by molar-refractivity contribution is 4.83. The summed E-state index contributed by atoms with van der Waals surface area (Å²) in [4.78, 5) is 2.23. The highest BCUT2D eigenvalue weighted by atomic mass is 16.3. The van der Waals surface area contributed by atoms with Crippen LogP contribution < -0.4 is 0 Å². The van der Waals surface area contributed by atoms with Gasteiger partial charge in [-0.25, -0.2) is 0 Å². The third-order valence-corrected chi connectivity index (χ3v) is 2.21. The highest BCUT2D eigenvalue weighted by Crippen LogP contribution is 2.17. The van der Waals surface area contributed by atoms with E-state index in [0.717, 1.165) is 19.4 Å². The van der Waals surface area contributed by atoms with E-state index in [0.29, 0.717) is 6.04 Å². The third-order valence-electron chi connectivity index (χ3n) is 2.21. The molecule has 54 valence electrons. The number of nitrogens with zero attached hydrogens (tertiary/aromatic N) is 1. The zero-order valence-electron chi connectivity index (χ0n) is 6.17. The van der Waals surface area contributed by atoms with Crippen LogP contribution in [-0.2, 0) is 0 Å². The van der Waals surface area contributed by atoms with Crippen LogP contribution in [0.15, 0.2) is 0 Å². The van der Waals surface area contributed by atoms with Crippen molar-refractivity contribution in [1.82, 2.24) is 4.90 Å². The number of likely N-dealkylation sites (tertiary alicyclic amines) is 1. The molecule has 0 unspecified atom stereocenters. The lowest BCUT2D eigenvalue weighted by atomic mass is 10.1. The van der Waals surface area contributed by atoms with E-state index in [1.807, 2.05) is 0 Å². The summed E-state index contributed by atoms with van der Waals surface area (Å²) in [5.41, 5.74) is 0. The summed E-state index contributed by atoms with van der Waals surface area (Å²) >= 11 is 0. The molecule has 0 aromatic rings. The Morgan fingerprint density at radius 2 is 2.33 bits per heavy atom. The molecule has 0 aromatic carbocycles. The summed E-state index contributed by atoms with van der Waals surface area (Å²) in [6, 6.07) is 0.421. The van der Waals surface area contributed by atoms with Crippen LogP contribution in [-0.4, -0.2) is 35.7 Å². The minimum atomic E-state index is -0.0694. The molecule has 9 heavy (non-hydrogen) atoms. The quantitative estimate of drug-likeness (QED) is 0.556. The van der Waals surface area contributed by atoms with Crippen LogP contribution in [0.25, 0.3) is 0 Å². The van der Waals surface area contributed by atoms with Crippen molar-refractivity contribution >= 4 is 0 Å². The number of aliphatic hydroxyl groups is 1. The van der Waals surface area contributed by atoms with Crippen LogP contribution in [0.2, 0.25) is 0 Å². The summed E-state index contributed by atoms with van der Waals surface area (Å²) < 4.78 is 0. The van der Waals surface area contributed by atoms with Gasteiger partial charge in [-0.15, -0.1) is 0 Å². The summed E-state index contributed by atoms with van der Waals surface area (Å²) in [5, 5.41) is 9.32. The van der Waals surface area contributed by atoms with Gasteiger partial charge in [-0.3, -0.25) is 0 Å². The zero-order valence-corrected chi connectivity index (χ0v) is 6.17. The van der Waals surface area contributed by atoms with Crippen molar-refractivity contribution in [3.63, 3.8) is 0 Å². The smallest absolute Gasteiger partial charge is 0.0707 e. The van der Waals surface area contributed by atoms with Crippen LogP contribution in [0.4, 0.5) is 0 Å². The molecular formula is C7H15NO. The number of hydrogen-bond acceptors (Lipinski definition) is 2. The Balaban J connectivity index is 2.44. The Bertz CT molecular complexity index is 84.9. The fourth-order valence-corrected chi connectivity index (χ4v) is 1.57. The van der Waals surface area contributed by atoms with E-state index in [4.69, 9.17) is 0 Å². The fraction of sp³-hybridized carbons (Fsp3) is 1.00. The summed E-state index contributed by atoms with van der Waals surface area (Å²) in [6.45, 7) is 3.18. The van der Waals surface area contributed by atoms with Gasteiger partial charge >= 0.3 is 0 Å². The van der Waals surface area contributed by atoms with E-state index < -0.39 is 0 Å². The zero-order chi connectivity index (χ0) is 6.85. The molecule has 1 heterocycles. The Kier molecular flexibility index (Phi) is 2.09. The maximum absolute atomic E-state index is 9.32. The second kappa shape index (κ2) is 2.67. The van der Waals surface area contributed by atoms with Gasteiger partial charge in [-0.2, -0.15) is 0 Å². The molecule has 0 radical (unpaired) electrons. The first-order valence-electron chi connectivity index (χ1n) is 3.64. The van der Waals surface area contributed by atoms with E-state index in [9.17, 15) is 5.11 Å². The number of aliphatic hydroxyl groups excluding tert-OH is 1. The Hall–Kier alpha value is -0.0800. The highest BCUT2D eigenvalue weighted by Gasteiger charge is 2.27. The molecule has 2 heteroatoms. The first kappa shape index (κ1) is 7.03. The van der Waals surface area contributed by atoms with Crippen molar-refractivity contribution in [2.24, 2.45) is 0 Å². The van der Waals surface area contributed by atoms with E-state index in [1.165, 1.54) is 0 Å². The molecule has 1 fully saturated rings. The fourth-order valence-electron chi connectivity index (χ4n) is 1.57. The van der Waals surface area contributed by atoms with Gasteiger partial charge in [0.05, 0.1) is 6.10 Å². The topological polar surface area (TPSA) is 23.5 Å². The van der Waals surface area contributed by atoms with Gasteiger partial charge < -0.3 is 10.0 Å². The lowest BCUT2D eigenvalue weighted by Gasteiger charge is -2.19. The van der Waals surface area contributed by atoms with E-state index in [-0.39, 0.29) is 6.10 Å². The van der Waals surface area contributed by atoms with Gasteiger partial charge in [0.15, 0.2) is 0 Å². The van der Waals surface area contributed by atoms with E-state index in [2.05, 4.69) is 18.9 Å². The Labute approximate surface area is 56.5 Å². The molecule has 2 nitrogen and oxygen atoms in total. The molecule has 0 saturated carbocycles. The lowest BCUT2D eigenvalue weighted by molar-refractivity contribution is 0.124. The Morgan fingerprint density at radius 3 is 2.56 bits per heavy atom. The van der Waals surface area contributed by atoms with Crippen molar-refractivity contribution in [1.29, 1.82) is 0 Å². The lowest BCUT2D eigenvalue weighted by Crippen LogP contribution is -2.31. The summed E-state index contributed by atoms with van der Waals surface area (Å²) in [6.07, 6.45) is 1.95. The molecule has 0 spiro atoms. The maximum atomic E-state index is 9.32. The predicted octanol–water partition coefficient (Wildman–Crippen LogP) is 0.461. The van der Waals surface area contributed by atoms with Crippen LogP contribution in [0.1, 0.15) is 19.8 Å². The van der Waals surface area contributed by atoms with E-state index in [1.54, 1.807) is 0 Å². The molecule has 2 atom stereocenters. The molecule has 0 bridgehead atoms. The van der Waals surface area contributed by atoms with Gasteiger partial charge in [-0.1, -0.05) is 6.92 Å². The monoisotopic (exact) mass is 129 g/mol. The predicted molar refractivity (Wildman–Crippen MR) is 37.3 cm³/mol. The van der Waals surface area contributed by atoms with Gasteiger partial charge in [-0.05, 0) is 19.9 Å². The number of likely N-dealkylation sites (N-methyl/N-ethyl adjacent to an activating group) is 1. The number of hydrogen-bond donors (Lipinski definition) is 1. The van der Waals surface area contributed by atoms with Gasteiger partial charge in [0.2, 0.25) is 0 Å². The molecule has 1 aliphatic rings. The normalized spacial score (nSPS) is 37.7. The van der Waals surface area contributed by atoms with Crippen molar-refractivity contribution in [2.75, 3.05) is 13.6 Å². The molecule has 1 N–H and O–H groups in total. The largest absolute Gasteiger partial charge is 0.391 e. The maximum Gasteiger partial charge on any atom is 0.0707 e. The molecule has 1 rings (SSSR count). The molecule has 0 amide bonds. The molecular weight excluding hydrogens is 114 g/mol. The van der Waals surface area contributed by atoms with E-state index >= 15 is 0 Å². The Morgan fingerprint density at radius 1 is 1.67 bits per heavy atom. The standard InChI is InChI=1S/C7H15NO/c1-3-6-7(9)4-5-8(6)2/h6-7,9H,3-5H2,1-2H3/t6-,7-/m1/s1. The van der Waals surface area contributed by atoms with Crippen molar-refractivity contribution < 1.29 is 5.11 Å². The van der Waals surface area contributed by atoms with Crippen molar-refractivity contribution in [2.45, 2.75) is 31.9 Å². The van der Waals surface area contributed by atoms with Gasteiger partial charge in [0.1, 0.15) is 0 Å². The average molecular weight is 129 g/mol. The van der Waals surface area contributed by atoms with Crippen LogP contribution >= 0.6 is 0 Å². The minimum absolute atomic E-state index is 0.0694. The minimum Gasteiger partial charge on any atom is -0.391 e. The second-order valence-corrected chi connectivity index (χ2v) is 2.81. The van der Waals surface area contributed by atoms with Crippen LogP contribution in [0.5, 0.6) is 0 Å². The third kappa shape index (κ3) is 1.25. The number of rotatable bonds is 1. The van der Waals surface area contributed by atoms with Gasteiger partial charge in [0.25, 0.3) is 0 Å². The molecule has 1 aliphatic heterocycles. The van der Waals surface area contributed by atoms with Crippen LogP contribution in [0.3, 0.4) is 0 Å². The van der Waals surface area contributed by atoms with Crippen LogP contribution in [0, 0.1) is 0 Å². The van der Waals surface area contributed by atoms with Gasteiger partial charge in [0, 0.05) is 12.6 Å². The summed E-state index contributed by atoms with van der Waals surface area (Å²) in [7, 11) is 2.07. The first-order chi connectivity index (χ1) is 4.25. The van der Waals surface area contributed by atoms with Crippen molar-refractivity contribution in [3.05, 3.63) is 0 Å². The molecule has 0 aromatic heterocycles. The second-order valence-electron chi connectivity index (χ2n) is 2.81. The summed E-state index contributed by atoms with van der Waals surface area (Å²) in [5.74, 6) is 0. The SMILES string of the molecule is CC[C@@H]1[C@H](O)CCN1C. The molecule has 1 saturated heterocycles. The van der Waals surface area contributed by atoms with Crippen molar-refractivity contribution in [3.8, 4) is 0 Å². The molecule has 0 aliphatic carbocycles. The average Bonchev–Trinajstić information content (AvgIpc) is 2.12. The first-order valence-corrected chi connectivity index (χ1v) is 3.64.